The largest absolute Gasteiger partial charge is 0.350 e. The average molecular weight is 328 g/mol. The maximum Gasteiger partial charge on any atom is 0.237 e. The highest BCUT2D eigenvalue weighted by atomic mass is 79.9. The second kappa shape index (κ2) is 7.27. The molecule has 0 saturated carbocycles. The summed E-state index contributed by atoms with van der Waals surface area (Å²) in [6, 6.07) is 3.53. The molecule has 1 heterocycles. The third kappa shape index (κ3) is 4.82. The SMILES string of the molecule is CC(C)[C@@H](N)C(=O)NCc1ccc(Br)s1.Cl. The Bertz CT molecular complexity index is 343. The van der Waals surface area contributed by atoms with Gasteiger partial charge in [0.25, 0.3) is 0 Å². The molecule has 0 aliphatic carbocycles. The van der Waals surface area contributed by atoms with Crippen molar-refractivity contribution < 1.29 is 4.79 Å². The van der Waals surface area contributed by atoms with Crippen molar-refractivity contribution in [3.05, 3.63) is 20.8 Å². The number of nitrogens with two attached hydrogens (primary N) is 1. The Morgan fingerprint density at radius 2 is 2.19 bits per heavy atom. The maximum absolute atomic E-state index is 11.5. The van der Waals surface area contributed by atoms with E-state index in [1.807, 2.05) is 26.0 Å². The summed E-state index contributed by atoms with van der Waals surface area (Å²) in [5.41, 5.74) is 5.71. The number of amides is 1. The van der Waals surface area contributed by atoms with Crippen molar-refractivity contribution in [1.82, 2.24) is 5.32 Å². The smallest absolute Gasteiger partial charge is 0.237 e. The molecule has 1 aromatic rings. The molecular weight excluding hydrogens is 312 g/mol. The lowest BCUT2D eigenvalue weighted by Gasteiger charge is -2.14. The van der Waals surface area contributed by atoms with E-state index >= 15 is 0 Å². The molecule has 92 valence electrons. The molecule has 0 spiro atoms. The molecule has 1 amide bonds. The summed E-state index contributed by atoms with van der Waals surface area (Å²) in [4.78, 5) is 12.6. The third-order valence-corrected chi connectivity index (χ3v) is 3.71. The molecule has 0 aliphatic heterocycles. The van der Waals surface area contributed by atoms with Gasteiger partial charge in [0.15, 0.2) is 0 Å². The molecule has 0 radical (unpaired) electrons. The highest BCUT2D eigenvalue weighted by Gasteiger charge is 2.16. The summed E-state index contributed by atoms with van der Waals surface area (Å²) in [6.45, 7) is 4.42. The first-order valence-corrected chi connectivity index (χ1v) is 6.39. The lowest BCUT2D eigenvalue weighted by molar-refractivity contribution is -0.123. The molecule has 0 unspecified atom stereocenters. The number of hydrogen-bond acceptors (Lipinski definition) is 3. The van der Waals surface area contributed by atoms with Gasteiger partial charge in [0, 0.05) is 4.88 Å². The molecule has 6 heteroatoms. The van der Waals surface area contributed by atoms with Gasteiger partial charge in [-0.05, 0) is 34.0 Å². The summed E-state index contributed by atoms with van der Waals surface area (Å²) in [5.74, 6) is 0.0783. The number of rotatable bonds is 4. The fourth-order valence-electron chi connectivity index (χ4n) is 1.04. The van der Waals surface area contributed by atoms with Gasteiger partial charge in [0.2, 0.25) is 5.91 Å². The van der Waals surface area contributed by atoms with E-state index in [-0.39, 0.29) is 24.2 Å². The minimum absolute atomic E-state index is 0. The Kier molecular flexibility index (Phi) is 7.22. The van der Waals surface area contributed by atoms with Gasteiger partial charge >= 0.3 is 0 Å². The molecule has 0 bridgehead atoms. The molecule has 0 fully saturated rings. The van der Waals surface area contributed by atoms with Crippen LogP contribution in [0, 0.1) is 5.92 Å². The zero-order chi connectivity index (χ0) is 11.4. The number of carbonyl (C=O) groups excluding carboxylic acids is 1. The van der Waals surface area contributed by atoms with E-state index in [1.54, 1.807) is 11.3 Å². The molecule has 1 rings (SSSR count). The van der Waals surface area contributed by atoms with Crippen LogP contribution in [0.15, 0.2) is 15.9 Å². The molecule has 0 aromatic carbocycles. The standard InChI is InChI=1S/C10H15BrN2OS.ClH/c1-6(2)9(12)10(14)13-5-7-3-4-8(11)15-7;/h3-4,6,9H,5,12H2,1-2H3,(H,13,14);1H/t9-;/m1./s1. The van der Waals surface area contributed by atoms with Crippen molar-refractivity contribution in [1.29, 1.82) is 0 Å². The van der Waals surface area contributed by atoms with Gasteiger partial charge in [-0.15, -0.1) is 23.7 Å². The molecule has 1 atom stereocenters. The van der Waals surface area contributed by atoms with Gasteiger partial charge in [0.1, 0.15) is 0 Å². The van der Waals surface area contributed by atoms with Crippen molar-refractivity contribution in [3.63, 3.8) is 0 Å². The second-order valence-corrected chi connectivity index (χ2v) is 6.24. The van der Waals surface area contributed by atoms with E-state index in [2.05, 4.69) is 21.2 Å². The van der Waals surface area contributed by atoms with Crippen molar-refractivity contribution >= 4 is 45.6 Å². The lowest BCUT2D eigenvalue weighted by atomic mass is 10.1. The number of halogens is 2. The van der Waals surface area contributed by atoms with Gasteiger partial charge in [-0.2, -0.15) is 0 Å². The Morgan fingerprint density at radius 3 is 2.62 bits per heavy atom. The Balaban J connectivity index is 0.00000225. The summed E-state index contributed by atoms with van der Waals surface area (Å²) in [7, 11) is 0. The Morgan fingerprint density at radius 1 is 1.56 bits per heavy atom. The van der Waals surface area contributed by atoms with Crippen LogP contribution in [0.2, 0.25) is 0 Å². The normalized spacial score (nSPS) is 12.1. The molecular formula is C10H16BrClN2OS. The van der Waals surface area contributed by atoms with Crippen LogP contribution in [0.4, 0.5) is 0 Å². The van der Waals surface area contributed by atoms with E-state index in [0.29, 0.717) is 6.54 Å². The number of hydrogen-bond donors (Lipinski definition) is 2. The predicted octanol–water partition coefficient (Wildman–Crippen LogP) is 2.53. The van der Waals surface area contributed by atoms with E-state index in [0.717, 1.165) is 8.66 Å². The summed E-state index contributed by atoms with van der Waals surface area (Å²) < 4.78 is 1.07. The van der Waals surface area contributed by atoms with E-state index < -0.39 is 6.04 Å². The van der Waals surface area contributed by atoms with Gasteiger partial charge in [-0.3, -0.25) is 4.79 Å². The van der Waals surface area contributed by atoms with Crippen LogP contribution in [0.3, 0.4) is 0 Å². The second-order valence-electron chi connectivity index (χ2n) is 3.69. The van der Waals surface area contributed by atoms with Crippen molar-refractivity contribution in [2.45, 2.75) is 26.4 Å². The van der Waals surface area contributed by atoms with E-state index in [4.69, 9.17) is 5.73 Å². The fraction of sp³-hybridized carbons (Fsp3) is 0.500. The monoisotopic (exact) mass is 326 g/mol. The molecule has 0 aliphatic rings. The van der Waals surface area contributed by atoms with Crippen molar-refractivity contribution in [2.75, 3.05) is 0 Å². The van der Waals surface area contributed by atoms with Gasteiger partial charge in [-0.25, -0.2) is 0 Å². The Labute approximate surface area is 114 Å². The quantitative estimate of drug-likeness (QED) is 0.893. The number of carbonyl (C=O) groups is 1. The van der Waals surface area contributed by atoms with E-state index in [1.165, 1.54) is 0 Å². The first kappa shape index (κ1) is 15.9. The zero-order valence-electron chi connectivity index (χ0n) is 9.20. The molecule has 3 N–H and O–H groups in total. The summed E-state index contributed by atoms with van der Waals surface area (Å²) >= 11 is 4.98. The molecule has 1 aromatic heterocycles. The number of nitrogens with one attached hydrogen (secondary N) is 1. The van der Waals surface area contributed by atoms with Crippen LogP contribution >= 0.6 is 39.7 Å². The number of thiophene rings is 1. The van der Waals surface area contributed by atoms with Gasteiger partial charge in [-0.1, -0.05) is 13.8 Å². The maximum atomic E-state index is 11.5. The van der Waals surface area contributed by atoms with Gasteiger partial charge < -0.3 is 11.1 Å². The molecule has 3 nitrogen and oxygen atoms in total. The fourth-order valence-corrected chi connectivity index (χ4v) is 2.46. The topological polar surface area (TPSA) is 55.1 Å². The molecule has 16 heavy (non-hydrogen) atoms. The first-order valence-electron chi connectivity index (χ1n) is 4.78. The van der Waals surface area contributed by atoms with Gasteiger partial charge in [0.05, 0.1) is 16.4 Å². The third-order valence-electron chi connectivity index (χ3n) is 2.09. The first-order chi connectivity index (χ1) is 7.00. The van der Waals surface area contributed by atoms with Crippen LogP contribution in [0.25, 0.3) is 0 Å². The highest BCUT2D eigenvalue weighted by Crippen LogP contribution is 2.21. The minimum atomic E-state index is -0.423. The Hall–Kier alpha value is -0.100. The average Bonchev–Trinajstić information content (AvgIpc) is 2.59. The van der Waals surface area contributed by atoms with Crippen molar-refractivity contribution in [3.8, 4) is 0 Å². The van der Waals surface area contributed by atoms with Crippen LogP contribution in [0.5, 0.6) is 0 Å². The summed E-state index contributed by atoms with van der Waals surface area (Å²) in [5, 5.41) is 2.82. The highest BCUT2D eigenvalue weighted by molar-refractivity contribution is 9.11. The zero-order valence-corrected chi connectivity index (χ0v) is 12.4. The van der Waals surface area contributed by atoms with Crippen molar-refractivity contribution in [2.24, 2.45) is 11.7 Å². The van der Waals surface area contributed by atoms with E-state index in [9.17, 15) is 4.79 Å². The van der Waals surface area contributed by atoms with Crippen LogP contribution in [0.1, 0.15) is 18.7 Å². The van der Waals surface area contributed by atoms with Crippen LogP contribution in [-0.2, 0) is 11.3 Å². The molecule has 0 saturated heterocycles. The minimum Gasteiger partial charge on any atom is -0.350 e. The summed E-state index contributed by atoms with van der Waals surface area (Å²) in [6.07, 6.45) is 0. The van der Waals surface area contributed by atoms with Crippen LogP contribution < -0.4 is 11.1 Å². The predicted molar refractivity (Wildman–Crippen MR) is 73.9 cm³/mol. The van der Waals surface area contributed by atoms with Crippen LogP contribution in [-0.4, -0.2) is 11.9 Å². The lowest BCUT2D eigenvalue weighted by Crippen LogP contribution is -2.43.